The lowest BCUT2D eigenvalue weighted by Gasteiger charge is -2.18. The molecule has 0 saturated heterocycles. The highest BCUT2D eigenvalue weighted by Crippen LogP contribution is 2.40. The summed E-state index contributed by atoms with van der Waals surface area (Å²) in [6.07, 6.45) is 0. The third-order valence-corrected chi connectivity index (χ3v) is 5.53. The zero-order valence-corrected chi connectivity index (χ0v) is 18.9. The number of benzene rings is 3. The molecule has 0 amide bonds. The molecular weight excluding hydrogens is 449 g/mol. The number of rotatable bonds is 7. The van der Waals surface area contributed by atoms with Gasteiger partial charge in [-0.3, -0.25) is 4.79 Å². The number of ether oxygens (including phenoxy) is 3. The van der Waals surface area contributed by atoms with Crippen LogP contribution in [0.1, 0.15) is 5.56 Å². The summed E-state index contributed by atoms with van der Waals surface area (Å²) in [4.78, 5) is 18.1. The number of fused-ring (bicyclic) bond motifs is 1. The van der Waals surface area contributed by atoms with Gasteiger partial charge in [-0.15, -0.1) is 0 Å². The number of halogens is 2. The second-order valence-corrected chi connectivity index (χ2v) is 7.45. The van der Waals surface area contributed by atoms with Crippen LogP contribution in [-0.2, 0) is 6.54 Å². The van der Waals surface area contributed by atoms with E-state index in [9.17, 15) is 9.18 Å². The first-order chi connectivity index (χ1) is 16.0. The van der Waals surface area contributed by atoms with Gasteiger partial charge in [0.05, 0.1) is 38.8 Å². The molecule has 0 spiro atoms. The van der Waals surface area contributed by atoms with Crippen LogP contribution < -0.4 is 25.2 Å². The molecule has 0 aliphatic rings. The molecule has 3 aromatic carbocycles. The molecule has 1 N–H and O–H groups in total. The predicted molar refractivity (Wildman–Crippen MR) is 126 cm³/mol. The van der Waals surface area contributed by atoms with Crippen molar-refractivity contribution in [3.05, 3.63) is 81.4 Å². The van der Waals surface area contributed by atoms with Gasteiger partial charge < -0.3 is 19.6 Å². The molecule has 0 atom stereocenters. The Bertz CT molecular complexity index is 1340. The van der Waals surface area contributed by atoms with Crippen LogP contribution in [0.4, 0.5) is 4.39 Å². The summed E-state index contributed by atoms with van der Waals surface area (Å²) in [5.74, 6) is 1.01. The highest BCUT2D eigenvalue weighted by atomic mass is 35.5. The van der Waals surface area contributed by atoms with Gasteiger partial charge in [-0.1, -0.05) is 29.8 Å². The van der Waals surface area contributed by atoms with Crippen LogP contribution in [0.25, 0.3) is 22.3 Å². The summed E-state index contributed by atoms with van der Waals surface area (Å²) in [6, 6.07) is 14.8. The second-order valence-electron chi connectivity index (χ2n) is 7.04. The first-order valence-electron chi connectivity index (χ1n) is 9.97. The summed E-state index contributed by atoms with van der Waals surface area (Å²) in [5, 5.41) is 0.652. The minimum absolute atomic E-state index is 0.0388. The Kier molecular flexibility index (Phi) is 6.37. The molecule has 0 fully saturated rings. The first kappa shape index (κ1) is 22.4. The Morgan fingerprint density at radius 3 is 2.33 bits per heavy atom. The van der Waals surface area contributed by atoms with Crippen LogP contribution in [0.3, 0.4) is 0 Å². The maximum Gasteiger partial charge on any atom is 0.280 e. The predicted octanol–water partition coefficient (Wildman–Crippen LogP) is 4.63. The van der Waals surface area contributed by atoms with E-state index in [1.165, 1.54) is 38.1 Å². The van der Waals surface area contributed by atoms with Gasteiger partial charge in [0.25, 0.3) is 5.56 Å². The molecule has 7 nitrogen and oxygen atoms in total. The van der Waals surface area contributed by atoms with Crippen LogP contribution in [0.5, 0.6) is 17.2 Å². The number of nitrogens with zero attached hydrogens (tertiary/aromatic N) is 2. The van der Waals surface area contributed by atoms with Gasteiger partial charge in [0, 0.05) is 16.1 Å². The van der Waals surface area contributed by atoms with Crippen LogP contribution in [0.2, 0.25) is 5.02 Å². The van der Waals surface area contributed by atoms with Crippen molar-refractivity contribution >= 4 is 22.5 Å². The van der Waals surface area contributed by atoms with E-state index < -0.39 is 5.82 Å². The van der Waals surface area contributed by atoms with Crippen molar-refractivity contribution in [1.29, 1.82) is 0 Å². The highest BCUT2D eigenvalue weighted by molar-refractivity contribution is 6.31. The maximum atomic E-state index is 14.3. The molecule has 0 bridgehead atoms. The molecule has 170 valence electrons. The van der Waals surface area contributed by atoms with Crippen molar-refractivity contribution in [2.45, 2.75) is 6.54 Å². The normalized spacial score (nSPS) is 10.8. The lowest BCUT2D eigenvalue weighted by atomic mass is 10.1. The maximum absolute atomic E-state index is 14.3. The van der Waals surface area contributed by atoms with Crippen molar-refractivity contribution in [2.75, 3.05) is 26.8 Å². The van der Waals surface area contributed by atoms with Crippen LogP contribution in [0.15, 0.2) is 59.4 Å². The first-order valence-corrected chi connectivity index (χ1v) is 10.3. The molecule has 33 heavy (non-hydrogen) atoms. The van der Waals surface area contributed by atoms with E-state index in [4.69, 9.17) is 30.8 Å². The molecule has 0 unspecified atom stereocenters. The van der Waals surface area contributed by atoms with Gasteiger partial charge in [-0.2, -0.15) is 0 Å². The van der Waals surface area contributed by atoms with Gasteiger partial charge in [0.2, 0.25) is 5.75 Å². The van der Waals surface area contributed by atoms with E-state index in [-0.39, 0.29) is 28.5 Å². The Balaban J connectivity index is 1.92. The van der Waals surface area contributed by atoms with E-state index in [0.717, 1.165) is 0 Å². The second kappa shape index (κ2) is 9.38. The van der Waals surface area contributed by atoms with Crippen molar-refractivity contribution in [1.82, 2.24) is 9.66 Å². The molecule has 0 radical (unpaired) electrons. The van der Waals surface area contributed by atoms with Crippen LogP contribution >= 0.6 is 11.6 Å². The minimum Gasteiger partial charge on any atom is -0.493 e. The quantitative estimate of drug-likeness (QED) is 0.425. The fourth-order valence-electron chi connectivity index (χ4n) is 3.54. The number of aromatic nitrogens is 2. The van der Waals surface area contributed by atoms with E-state index in [1.807, 2.05) is 0 Å². The summed E-state index contributed by atoms with van der Waals surface area (Å²) in [7, 11) is 4.50. The number of hydrogen-bond donors (Lipinski definition) is 1. The Hall–Kier alpha value is -3.78. The third-order valence-electron chi connectivity index (χ3n) is 5.17. The zero-order chi connectivity index (χ0) is 23.5. The van der Waals surface area contributed by atoms with Gasteiger partial charge in [-0.05, 0) is 36.4 Å². The van der Waals surface area contributed by atoms with Gasteiger partial charge in [-0.25, -0.2) is 14.1 Å². The summed E-state index contributed by atoms with van der Waals surface area (Å²) < 4.78 is 31.9. The van der Waals surface area contributed by atoms with Gasteiger partial charge in [0.15, 0.2) is 17.3 Å². The molecule has 0 saturated carbocycles. The number of hydrogen-bond acceptors (Lipinski definition) is 6. The molecule has 1 heterocycles. The lowest BCUT2D eigenvalue weighted by Crippen LogP contribution is -2.31. The number of methoxy groups -OCH3 is 3. The van der Waals surface area contributed by atoms with Crippen molar-refractivity contribution in [2.24, 2.45) is 0 Å². The number of para-hydroxylation sites is 1. The van der Waals surface area contributed by atoms with E-state index in [2.05, 4.69) is 5.43 Å². The Morgan fingerprint density at radius 1 is 1.00 bits per heavy atom. The van der Waals surface area contributed by atoms with Crippen molar-refractivity contribution in [3.8, 4) is 28.6 Å². The molecule has 0 aliphatic heterocycles. The largest absolute Gasteiger partial charge is 0.493 e. The Labute approximate surface area is 194 Å². The average Bonchev–Trinajstić information content (AvgIpc) is 2.83. The molecular formula is C24H21ClFN3O4. The standard InChI is InChI=1S/C24H21ClFN3O4/c1-31-20-11-14(12-21(32-2)22(20)33-3)23-28-19-10-5-4-7-15(19)24(30)29(23)27-13-16-17(25)8-6-9-18(16)26/h4-12,27H,13H2,1-3H3. The van der Waals surface area contributed by atoms with Gasteiger partial charge >= 0.3 is 0 Å². The zero-order valence-electron chi connectivity index (χ0n) is 18.2. The SMILES string of the molecule is COc1cc(-c2nc3ccccc3c(=O)n2NCc2c(F)cccc2Cl)cc(OC)c1OC. The molecule has 9 heteroatoms. The summed E-state index contributed by atoms with van der Waals surface area (Å²) in [5.41, 5.74) is 3.89. The van der Waals surface area contributed by atoms with Crippen molar-refractivity contribution < 1.29 is 18.6 Å². The van der Waals surface area contributed by atoms with Crippen molar-refractivity contribution in [3.63, 3.8) is 0 Å². The topological polar surface area (TPSA) is 74.6 Å². The van der Waals surface area contributed by atoms with E-state index >= 15 is 0 Å². The third kappa shape index (κ3) is 4.17. The fourth-order valence-corrected chi connectivity index (χ4v) is 3.77. The minimum atomic E-state index is -0.480. The van der Waals surface area contributed by atoms with Crippen LogP contribution in [-0.4, -0.2) is 31.0 Å². The molecule has 4 aromatic rings. The fraction of sp³-hybridized carbons (Fsp3) is 0.167. The highest BCUT2D eigenvalue weighted by Gasteiger charge is 2.19. The van der Waals surface area contributed by atoms with Gasteiger partial charge in [0.1, 0.15) is 5.82 Å². The lowest BCUT2D eigenvalue weighted by molar-refractivity contribution is 0.324. The van der Waals surface area contributed by atoms with E-state index in [1.54, 1.807) is 42.5 Å². The monoisotopic (exact) mass is 469 g/mol. The summed E-state index contributed by atoms with van der Waals surface area (Å²) >= 11 is 6.17. The van der Waals surface area contributed by atoms with Crippen LogP contribution in [0, 0.1) is 5.82 Å². The Morgan fingerprint density at radius 2 is 1.70 bits per heavy atom. The molecule has 4 rings (SSSR count). The average molecular weight is 470 g/mol. The molecule has 1 aromatic heterocycles. The number of nitrogens with one attached hydrogen (secondary N) is 1. The summed E-state index contributed by atoms with van der Waals surface area (Å²) in [6.45, 7) is -0.0388. The molecule has 0 aliphatic carbocycles. The smallest absolute Gasteiger partial charge is 0.280 e. The van der Waals surface area contributed by atoms with E-state index in [0.29, 0.717) is 33.7 Å².